The molecule has 0 aromatic carbocycles. The summed E-state index contributed by atoms with van der Waals surface area (Å²) in [4.78, 5) is 4.18. The minimum absolute atomic E-state index is 0.236. The number of anilines is 1. The van der Waals surface area contributed by atoms with E-state index < -0.39 is 0 Å². The first-order valence-corrected chi connectivity index (χ1v) is 4.73. The van der Waals surface area contributed by atoms with Crippen molar-refractivity contribution >= 4 is 5.82 Å². The SMILES string of the molecule is COCC(CCN)Nc1ccccn1. The minimum Gasteiger partial charge on any atom is -0.383 e. The zero-order valence-electron chi connectivity index (χ0n) is 8.44. The lowest BCUT2D eigenvalue weighted by molar-refractivity contribution is 0.183. The molecule has 3 N–H and O–H groups in total. The highest BCUT2D eigenvalue weighted by molar-refractivity contribution is 5.34. The van der Waals surface area contributed by atoms with E-state index >= 15 is 0 Å². The highest BCUT2D eigenvalue weighted by Crippen LogP contribution is 2.04. The first-order valence-electron chi connectivity index (χ1n) is 4.73. The van der Waals surface area contributed by atoms with Gasteiger partial charge in [0.2, 0.25) is 0 Å². The third-order valence-corrected chi connectivity index (χ3v) is 1.90. The molecule has 0 saturated heterocycles. The van der Waals surface area contributed by atoms with Crippen molar-refractivity contribution in [3.8, 4) is 0 Å². The summed E-state index contributed by atoms with van der Waals surface area (Å²) < 4.78 is 5.08. The van der Waals surface area contributed by atoms with Gasteiger partial charge < -0.3 is 15.8 Å². The molecule has 4 nitrogen and oxygen atoms in total. The van der Waals surface area contributed by atoms with Crippen molar-refractivity contribution in [3.63, 3.8) is 0 Å². The average Bonchev–Trinajstić information content (AvgIpc) is 2.20. The molecule has 0 aliphatic rings. The monoisotopic (exact) mass is 195 g/mol. The van der Waals surface area contributed by atoms with Gasteiger partial charge in [-0.15, -0.1) is 0 Å². The Morgan fingerprint density at radius 3 is 3.00 bits per heavy atom. The molecule has 1 aromatic rings. The van der Waals surface area contributed by atoms with Crippen molar-refractivity contribution in [1.82, 2.24) is 4.98 Å². The lowest BCUT2D eigenvalue weighted by Gasteiger charge is -2.17. The second kappa shape index (κ2) is 6.34. The number of nitrogens with zero attached hydrogens (tertiary/aromatic N) is 1. The number of nitrogens with one attached hydrogen (secondary N) is 1. The van der Waals surface area contributed by atoms with Gasteiger partial charge in [0, 0.05) is 13.3 Å². The van der Waals surface area contributed by atoms with E-state index in [1.807, 2.05) is 18.2 Å². The minimum atomic E-state index is 0.236. The molecule has 0 aliphatic carbocycles. The number of aromatic nitrogens is 1. The number of methoxy groups -OCH3 is 1. The quantitative estimate of drug-likeness (QED) is 0.706. The Morgan fingerprint density at radius 1 is 1.57 bits per heavy atom. The standard InChI is InChI=1S/C10H17N3O/c1-14-8-9(5-6-11)13-10-4-2-3-7-12-10/h2-4,7,9H,5-6,8,11H2,1H3,(H,12,13). The van der Waals surface area contributed by atoms with Gasteiger partial charge in [-0.1, -0.05) is 6.07 Å². The summed E-state index contributed by atoms with van der Waals surface area (Å²) in [5.74, 6) is 0.864. The highest BCUT2D eigenvalue weighted by atomic mass is 16.5. The Balaban J connectivity index is 2.46. The van der Waals surface area contributed by atoms with Gasteiger partial charge in [0.25, 0.3) is 0 Å². The van der Waals surface area contributed by atoms with Gasteiger partial charge in [-0.05, 0) is 25.1 Å². The lowest BCUT2D eigenvalue weighted by atomic mass is 10.2. The van der Waals surface area contributed by atoms with Gasteiger partial charge in [-0.25, -0.2) is 4.98 Å². The predicted octanol–water partition coefficient (Wildman–Crippen LogP) is 0.857. The third kappa shape index (κ3) is 3.72. The van der Waals surface area contributed by atoms with Crippen molar-refractivity contribution < 1.29 is 4.74 Å². The van der Waals surface area contributed by atoms with Crippen LogP contribution >= 0.6 is 0 Å². The van der Waals surface area contributed by atoms with E-state index in [0.717, 1.165) is 12.2 Å². The Kier molecular flexibility index (Phi) is 4.96. The molecule has 78 valence electrons. The molecule has 0 saturated carbocycles. The summed E-state index contributed by atoms with van der Waals surface area (Å²) in [5, 5.41) is 3.26. The van der Waals surface area contributed by atoms with Gasteiger partial charge in [-0.2, -0.15) is 0 Å². The van der Waals surface area contributed by atoms with E-state index in [-0.39, 0.29) is 6.04 Å². The molecule has 0 fully saturated rings. The van der Waals surface area contributed by atoms with Crippen LogP contribution in [0.4, 0.5) is 5.82 Å². The van der Waals surface area contributed by atoms with E-state index in [1.54, 1.807) is 13.3 Å². The van der Waals surface area contributed by atoms with E-state index in [1.165, 1.54) is 0 Å². The molecule has 14 heavy (non-hydrogen) atoms. The number of hydrogen-bond acceptors (Lipinski definition) is 4. The van der Waals surface area contributed by atoms with Crippen LogP contribution in [0.15, 0.2) is 24.4 Å². The van der Waals surface area contributed by atoms with Crippen LogP contribution < -0.4 is 11.1 Å². The fourth-order valence-electron chi connectivity index (χ4n) is 1.26. The number of hydrogen-bond donors (Lipinski definition) is 2. The first-order chi connectivity index (χ1) is 6.86. The molecule has 0 radical (unpaired) electrons. The molecule has 0 spiro atoms. The van der Waals surface area contributed by atoms with Crippen LogP contribution in [0.25, 0.3) is 0 Å². The maximum absolute atomic E-state index is 5.50. The second-order valence-electron chi connectivity index (χ2n) is 3.09. The normalized spacial score (nSPS) is 12.4. The number of pyridine rings is 1. The highest BCUT2D eigenvalue weighted by Gasteiger charge is 2.06. The fraction of sp³-hybridized carbons (Fsp3) is 0.500. The molecule has 1 unspecified atom stereocenters. The molecule has 0 amide bonds. The Labute approximate surface area is 84.5 Å². The molecule has 0 bridgehead atoms. The van der Waals surface area contributed by atoms with Gasteiger partial charge >= 0.3 is 0 Å². The lowest BCUT2D eigenvalue weighted by Crippen LogP contribution is -2.28. The Hall–Kier alpha value is -1.13. The van der Waals surface area contributed by atoms with Crippen molar-refractivity contribution in [2.75, 3.05) is 25.6 Å². The molecule has 1 aromatic heterocycles. The molecule has 4 heteroatoms. The number of nitrogens with two attached hydrogens (primary N) is 1. The van der Waals surface area contributed by atoms with Crippen molar-refractivity contribution in [3.05, 3.63) is 24.4 Å². The van der Waals surface area contributed by atoms with Crippen LogP contribution in [-0.4, -0.2) is 31.3 Å². The van der Waals surface area contributed by atoms with Crippen molar-refractivity contribution in [1.29, 1.82) is 0 Å². The molecule has 1 atom stereocenters. The summed E-state index contributed by atoms with van der Waals surface area (Å²) >= 11 is 0. The van der Waals surface area contributed by atoms with Crippen LogP contribution in [-0.2, 0) is 4.74 Å². The van der Waals surface area contributed by atoms with Crippen LogP contribution in [0.3, 0.4) is 0 Å². The van der Waals surface area contributed by atoms with E-state index in [4.69, 9.17) is 10.5 Å². The third-order valence-electron chi connectivity index (χ3n) is 1.90. The van der Waals surface area contributed by atoms with Crippen LogP contribution in [0, 0.1) is 0 Å². The molecule has 1 heterocycles. The van der Waals surface area contributed by atoms with E-state index in [2.05, 4.69) is 10.3 Å². The average molecular weight is 195 g/mol. The smallest absolute Gasteiger partial charge is 0.126 e. The van der Waals surface area contributed by atoms with E-state index in [9.17, 15) is 0 Å². The molecule has 1 rings (SSSR count). The molecular formula is C10H17N3O. The second-order valence-corrected chi connectivity index (χ2v) is 3.09. The molecule has 0 aliphatic heterocycles. The largest absolute Gasteiger partial charge is 0.383 e. The zero-order valence-corrected chi connectivity index (χ0v) is 8.44. The van der Waals surface area contributed by atoms with Gasteiger partial charge in [0.1, 0.15) is 5.82 Å². The van der Waals surface area contributed by atoms with Crippen LogP contribution in [0.1, 0.15) is 6.42 Å². The van der Waals surface area contributed by atoms with Gasteiger partial charge in [0.15, 0.2) is 0 Å². The topological polar surface area (TPSA) is 60.2 Å². The molecular weight excluding hydrogens is 178 g/mol. The maximum atomic E-state index is 5.50. The van der Waals surface area contributed by atoms with E-state index in [0.29, 0.717) is 13.2 Å². The van der Waals surface area contributed by atoms with Gasteiger partial charge in [0.05, 0.1) is 12.6 Å². The first kappa shape index (κ1) is 10.9. The summed E-state index contributed by atoms with van der Waals surface area (Å²) in [5.41, 5.74) is 5.50. The number of rotatable bonds is 6. The maximum Gasteiger partial charge on any atom is 0.126 e. The van der Waals surface area contributed by atoms with Crippen molar-refractivity contribution in [2.24, 2.45) is 5.73 Å². The van der Waals surface area contributed by atoms with Crippen molar-refractivity contribution in [2.45, 2.75) is 12.5 Å². The Bertz CT molecular complexity index is 234. The zero-order chi connectivity index (χ0) is 10.2. The number of ether oxygens (including phenoxy) is 1. The summed E-state index contributed by atoms with van der Waals surface area (Å²) in [6, 6.07) is 6.00. The van der Waals surface area contributed by atoms with Gasteiger partial charge in [-0.3, -0.25) is 0 Å². The van der Waals surface area contributed by atoms with Crippen LogP contribution in [0.5, 0.6) is 0 Å². The predicted molar refractivity (Wildman–Crippen MR) is 57.2 cm³/mol. The summed E-state index contributed by atoms with van der Waals surface area (Å²) in [6.07, 6.45) is 2.64. The fourth-order valence-corrected chi connectivity index (χ4v) is 1.26. The Morgan fingerprint density at radius 2 is 2.43 bits per heavy atom. The van der Waals surface area contributed by atoms with Crippen LogP contribution in [0.2, 0.25) is 0 Å². The summed E-state index contributed by atoms with van der Waals surface area (Å²) in [6.45, 7) is 1.29. The summed E-state index contributed by atoms with van der Waals surface area (Å²) in [7, 11) is 1.68.